The number of rotatable bonds is 2. The first-order valence-electron chi connectivity index (χ1n) is 6.49. The molecular formula is C14H15N5O2. The van der Waals surface area contributed by atoms with Crippen molar-refractivity contribution in [1.82, 2.24) is 24.6 Å². The molecule has 7 nitrogen and oxygen atoms in total. The molecule has 21 heavy (non-hydrogen) atoms. The number of methoxy groups -OCH3 is 1. The largest absolute Gasteiger partial charge is 0.481 e. The molecule has 3 heterocycles. The Kier molecular flexibility index (Phi) is 2.97. The Bertz CT molecular complexity index is 894. The fourth-order valence-corrected chi connectivity index (χ4v) is 2.39. The number of pyridine rings is 1. The average molecular weight is 285 g/mol. The van der Waals surface area contributed by atoms with Gasteiger partial charge in [-0.25, -0.2) is 14.8 Å². The minimum Gasteiger partial charge on any atom is -0.481 e. The maximum Gasteiger partial charge on any atom is 0.349 e. The number of hydrogen-bond donors (Lipinski definition) is 1. The van der Waals surface area contributed by atoms with Gasteiger partial charge in [0.05, 0.1) is 18.4 Å². The van der Waals surface area contributed by atoms with Crippen molar-refractivity contribution in [3.05, 3.63) is 39.8 Å². The summed E-state index contributed by atoms with van der Waals surface area (Å²) in [5, 5.41) is 4.27. The van der Waals surface area contributed by atoms with Gasteiger partial charge in [-0.2, -0.15) is 9.61 Å². The summed E-state index contributed by atoms with van der Waals surface area (Å²) in [5.41, 5.74) is 3.47. The molecule has 108 valence electrons. The molecule has 0 aliphatic heterocycles. The van der Waals surface area contributed by atoms with Gasteiger partial charge < -0.3 is 4.74 Å². The van der Waals surface area contributed by atoms with Crippen LogP contribution in [0, 0.1) is 20.8 Å². The first-order valence-corrected chi connectivity index (χ1v) is 6.49. The molecule has 0 bridgehead atoms. The van der Waals surface area contributed by atoms with Crippen LogP contribution in [-0.4, -0.2) is 31.7 Å². The lowest BCUT2D eigenvalue weighted by Crippen LogP contribution is -2.19. The Labute approximate surface area is 120 Å². The van der Waals surface area contributed by atoms with Crippen molar-refractivity contribution in [3.8, 4) is 17.0 Å². The average Bonchev–Trinajstić information content (AvgIpc) is 2.75. The number of H-pyrrole nitrogens is 1. The maximum atomic E-state index is 12.0. The van der Waals surface area contributed by atoms with Gasteiger partial charge in [0.15, 0.2) is 5.65 Å². The van der Waals surface area contributed by atoms with E-state index in [4.69, 9.17) is 4.74 Å². The summed E-state index contributed by atoms with van der Waals surface area (Å²) >= 11 is 0. The van der Waals surface area contributed by atoms with E-state index in [2.05, 4.69) is 20.1 Å². The first-order chi connectivity index (χ1) is 10.0. The topological polar surface area (TPSA) is 85.2 Å². The molecule has 3 rings (SSSR count). The van der Waals surface area contributed by atoms with Gasteiger partial charge in [0.25, 0.3) is 0 Å². The molecule has 3 aromatic rings. The molecule has 7 heteroatoms. The lowest BCUT2D eigenvalue weighted by atomic mass is 10.1. The van der Waals surface area contributed by atoms with E-state index in [0.717, 1.165) is 22.5 Å². The van der Waals surface area contributed by atoms with Gasteiger partial charge in [-0.15, -0.1) is 0 Å². The van der Waals surface area contributed by atoms with Gasteiger partial charge in [0.2, 0.25) is 5.88 Å². The number of nitrogens with one attached hydrogen (secondary N) is 1. The Balaban J connectivity index is 2.35. The van der Waals surface area contributed by atoms with Gasteiger partial charge in [-0.1, -0.05) is 0 Å². The van der Waals surface area contributed by atoms with Crippen molar-refractivity contribution in [2.75, 3.05) is 7.11 Å². The normalized spacial score (nSPS) is 11.0. The third-order valence-electron chi connectivity index (χ3n) is 3.33. The van der Waals surface area contributed by atoms with Gasteiger partial charge in [-0.05, 0) is 26.8 Å². The fourth-order valence-electron chi connectivity index (χ4n) is 2.39. The molecule has 0 atom stereocenters. The molecule has 3 aromatic heterocycles. The number of aromatic nitrogens is 5. The van der Waals surface area contributed by atoms with Crippen LogP contribution in [0.5, 0.6) is 5.88 Å². The molecule has 0 fully saturated rings. The highest BCUT2D eigenvalue weighted by Gasteiger charge is 2.17. The van der Waals surface area contributed by atoms with Crippen molar-refractivity contribution in [2.45, 2.75) is 20.8 Å². The van der Waals surface area contributed by atoms with Gasteiger partial charge in [0.1, 0.15) is 5.82 Å². The molecule has 0 saturated carbocycles. The Morgan fingerprint density at radius 3 is 2.57 bits per heavy atom. The van der Waals surface area contributed by atoms with E-state index in [0.29, 0.717) is 17.4 Å². The first kappa shape index (κ1) is 13.3. The third kappa shape index (κ3) is 2.06. The summed E-state index contributed by atoms with van der Waals surface area (Å²) in [7, 11) is 1.58. The summed E-state index contributed by atoms with van der Waals surface area (Å²) in [5.74, 6) is 1.10. The molecule has 0 amide bonds. The second-order valence-electron chi connectivity index (χ2n) is 4.81. The SMILES string of the molecule is COc1ccc(-c2c(C)nn3c(=O)[nH]c(C)nc23)c(C)n1. The fraction of sp³-hybridized carbons (Fsp3) is 0.286. The minimum atomic E-state index is -0.300. The highest BCUT2D eigenvalue weighted by molar-refractivity contribution is 5.81. The summed E-state index contributed by atoms with van der Waals surface area (Å²) in [6, 6.07) is 3.69. The number of nitrogens with zero attached hydrogens (tertiary/aromatic N) is 4. The molecule has 0 saturated heterocycles. The molecule has 0 aromatic carbocycles. The van der Waals surface area contributed by atoms with Crippen LogP contribution in [0.4, 0.5) is 0 Å². The number of aromatic amines is 1. The minimum absolute atomic E-state index is 0.300. The zero-order valence-corrected chi connectivity index (χ0v) is 12.3. The highest BCUT2D eigenvalue weighted by atomic mass is 16.5. The quantitative estimate of drug-likeness (QED) is 0.769. The highest BCUT2D eigenvalue weighted by Crippen LogP contribution is 2.29. The van der Waals surface area contributed by atoms with Gasteiger partial charge in [-0.3, -0.25) is 4.98 Å². The van der Waals surface area contributed by atoms with E-state index >= 15 is 0 Å². The number of aryl methyl sites for hydroxylation is 3. The zero-order chi connectivity index (χ0) is 15.1. The van der Waals surface area contributed by atoms with Crippen molar-refractivity contribution >= 4 is 5.65 Å². The van der Waals surface area contributed by atoms with Gasteiger partial charge >= 0.3 is 5.69 Å². The van der Waals surface area contributed by atoms with Crippen molar-refractivity contribution in [1.29, 1.82) is 0 Å². The Hall–Kier alpha value is -2.70. The predicted octanol–water partition coefficient (Wildman–Crippen LogP) is 1.41. The van der Waals surface area contributed by atoms with E-state index < -0.39 is 0 Å². The van der Waals surface area contributed by atoms with Gasteiger partial charge in [0, 0.05) is 17.3 Å². The monoisotopic (exact) mass is 285 g/mol. The van der Waals surface area contributed by atoms with Crippen LogP contribution in [0.25, 0.3) is 16.8 Å². The summed E-state index contributed by atoms with van der Waals surface area (Å²) in [6.45, 7) is 5.48. The second-order valence-corrected chi connectivity index (χ2v) is 4.81. The molecule has 0 spiro atoms. The van der Waals surface area contributed by atoms with Crippen LogP contribution in [-0.2, 0) is 0 Å². The summed E-state index contributed by atoms with van der Waals surface area (Å²) < 4.78 is 6.40. The lowest BCUT2D eigenvalue weighted by molar-refractivity contribution is 0.397. The number of ether oxygens (including phenoxy) is 1. The molecule has 0 unspecified atom stereocenters. The predicted molar refractivity (Wildman–Crippen MR) is 77.6 cm³/mol. The molecule has 0 aliphatic carbocycles. The number of fused-ring (bicyclic) bond motifs is 1. The van der Waals surface area contributed by atoms with E-state index in [-0.39, 0.29) is 5.69 Å². The van der Waals surface area contributed by atoms with E-state index in [9.17, 15) is 4.79 Å². The molecule has 1 N–H and O–H groups in total. The maximum absolute atomic E-state index is 12.0. The molecular weight excluding hydrogens is 270 g/mol. The lowest BCUT2D eigenvalue weighted by Gasteiger charge is -2.06. The third-order valence-corrected chi connectivity index (χ3v) is 3.33. The van der Waals surface area contributed by atoms with E-state index in [1.165, 1.54) is 4.52 Å². The van der Waals surface area contributed by atoms with Crippen LogP contribution < -0.4 is 10.4 Å². The van der Waals surface area contributed by atoms with Crippen molar-refractivity contribution in [2.24, 2.45) is 0 Å². The molecule has 0 radical (unpaired) electrons. The van der Waals surface area contributed by atoms with Crippen LogP contribution in [0.3, 0.4) is 0 Å². The molecule has 0 aliphatic rings. The van der Waals surface area contributed by atoms with Crippen LogP contribution >= 0.6 is 0 Å². The zero-order valence-electron chi connectivity index (χ0n) is 12.3. The summed E-state index contributed by atoms with van der Waals surface area (Å²) in [6.07, 6.45) is 0. The smallest absolute Gasteiger partial charge is 0.349 e. The second kappa shape index (κ2) is 4.69. The Morgan fingerprint density at radius 1 is 1.14 bits per heavy atom. The van der Waals surface area contributed by atoms with Crippen LogP contribution in [0.1, 0.15) is 17.2 Å². The van der Waals surface area contributed by atoms with E-state index in [1.54, 1.807) is 20.1 Å². The van der Waals surface area contributed by atoms with Crippen molar-refractivity contribution < 1.29 is 4.74 Å². The van der Waals surface area contributed by atoms with Crippen molar-refractivity contribution in [3.63, 3.8) is 0 Å². The van der Waals surface area contributed by atoms with E-state index in [1.807, 2.05) is 19.9 Å². The standard InChI is InChI=1S/C14H15N5O2/c1-7-10(5-6-11(15-7)21-4)12-8(2)18-19-13(12)16-9(3)17-14(19)20/h5-6H,1-4H3,(H,16,17,20). The number of hydrogen-bond acceptors (Lipinski definition) is 5. The summed E-state index contributed by atoms with van der Waals surface area (Å²) in [4.78, 5) is 23.4. The Morgan fingerprint density at radius 2 is 1.90 bits per heavy atom. The van der Waals surface area contributed by atoms with Crippen LogP contribution in [0.2, 0.25) is 0 Å². The van der Waals surface area contributed by atoms with Crippen LogP contribution in [0.15, 0.2) is 16.9 Å².